The summed E-state index contributed by atoms with van der Waals surface area (Å²) in [6.07, 6.45) is 1.52. The molecule has 1 aromatic heterocycles. The van der Waals surface area contributed by atoms with Crippen molar-refractivity contribution in [3.05, 3.63) is 47.9 Å². The molecule has 0 fully saturated rings. The maximum Gasteiger partial charge on any atom is 0.238 e. The van der Waals surface area contributed by atoms with E-state index in [1.807, 2.05) is 6.92 Å². The first kappa shape index (κ1) is 13.7. The second-order valence-corrected chi connectivity index (χ2v) is 5.77. The SMILES string of the molecule is CC(NCc1ccon1)c1ccc(S(N)(=O)=O)cc1. The van der Waals surface area contributed by atoms with Gasteiger partial charge in [-0.15, -0.1) is 0 Å². The second kappa shape index (κ2) is 5.52. The van der Waals surface area contributed by atoms with Gasteiger partial charge in [0.05, 0.1) is 10.6 Å². The molecule has 1 heterocycles. The third-order valence-corrected chi connectivity index (χ3v) is 3.72. The van der Waals surface area contributed by atoms with Crippen LogP contribution in [0.5, 0.6) is 0 Å². The molecule has 0 aliphatic heterocycles. The Labute approximate surface area is 111 Å². The van der Waals surface area contributed by atoms with E-state index in [4.69, 9.17) is 9.66 Å². The fourth-order valence-corrected chi connectivity index (χ4v) is 2.17. The molecule has 19 heavy (non-hydrogen) atoms. The summed E-state index contributed by atoms with van der Waals surface area (Å²) >= 11 is 0. The molecule has 7 heteroatoms. The largest absolute Gasteiger partial charge is 0.364 e. The van der Waals surface area contributed by atoms with Gasteiger partial charge in [-0.2, -0.15) is 0 Å². The Kier molecular flexibility index (Phi) is 3.98. The Balaban J connectivity index is 2.01. The number of aromatic nitrogens is 1. The number of hydrogen-bond acceptors (Lipinski definition) is 5. The van der Waals surface area contributed by atoms with E-state index in [0.717, 1.165) is 11.3 Å². The normalized spacial score (nSPS) is 13.4. The van der Waals surface area contributed by atoms with E-state index in [1.54, 1.807) is 18.2 Å². The average Bonchev–Trinajstić information content (AvgIpc) is 2.88. The lowest BCUT2D eigenvalue weighted by Gasteiger charge is -2.13. The molecule has 0 amide bonds. The number of hydrogen-bond donors (Lipinski definition) is 2. The van der Waals surface area contributed by atoms with Crippen LogP contribution in [0.15, 0.2) is 46.0 Å². The molecule has 0 bridgehead atoms. The lowest BCUT2D eigenvalue weighted by Crippen LogP contribution is -2.18. The van der Waals surface area contributed by atoms with Crippen LogP contribution in [0.1, 0.15) is 24.2 Å². The first-order chi connectivity index (χ1) is 8.97. The predicted molar refractivity (Wildman–Crippen MR) is 69.6 cm³/mol. The molecule has 1 atom stereocenters. The number of nitrogens with zero attached hydrogens (tertiary/aromatic N) is 1. The number of primary sulfonamides is 1. The molecular formula is C12H15N3O3S. The minimum Gasteiger partial charge on any atom is -0.364 e. The Morgan fingerprint density at radius 1 is 1.32 bits per heavy atom. The molecule has 0 radical (unpaired) electrons. The van der Waals surface area contributed by atoms with Crippen molar-refractivity contribution in [1.82, 2.24) is 10.5 Å². The Morgan fingerprint density at radius 2 is 2.00 bits per heavy atom. The molecule has 0 saturated carbocycles. The topological polar surface area (TPSA) is 98.2 Å². The zero-order chi connectivity index (χ0) is 13.9. The van der Waals surface area contributed by atoms with E-state index in [-0.39, 0.29) is 10.9 Å². The van der Waals surface area contributed by atoms with Gasteiger partial charge in [-0.25, -0.2) is 13.6 Å². The van der Waals surface area contributed by atoms with E-state index in [2.05, 4.69) is 10.5 Å². The van der Waals surface area contributed by atoms with Gasteiger partial charge in [0.2, 0.25) is 10.0 Å². The van der Waals surface area contributed by atoms with E-state index >= 15 is 0 Å². The predicted octanol–water partition coefficient (Wildman–Crippen LogP) is 1.17. The van der Waals surface area contributed by atoms with Gasteiger partial charge in [0.15, 0.2) is 0 Å². The summed E-state index contributed by atoms with van der Waals surface area (Å²) in [4.78, 5) is 0.111. The van der Waals surface area contributed by atoms with Gasteiger partial charge in [0, 0.05) is 18.7 Å². The minimum atomic E-state index is -3.64. The van der Waals surface area contributed by atoms with Crippen LogP contribution in [0.25, 0.3) is 0 Å². The first-order valence-corrected chi connectivity index (χ1v) is 7.27. The number of nitrogens with two attached hydrogens (primary N) is 1. The van der Waals surface area contributed by atoms with E-state index in [9.17, 15) is 8.42 Å². The van der Waals surface area contributed by atoms with E-state index in [1.165, 1.54) is 18.4 Å². The summed E-state index contributed by atoms with van der Waals surface area (Å²) in [6, 6.07) is 8.31. The number of rotatable bonds is 5. The van der Waals surface area contributed by atoms with Gasteiger partial charge in [-0.3, -0.25) is 0 Å². The summed E-state index contributed by atoms with van der Waals surface area (Å²) in [5.74, 6) is 0. The standard InChI is InChI=1S/C12H15N3O3S/c1-9(14-8-11-6-7-18-15-11)10-2-4-12(5-3-10)19(13,16)17/h2-7,9,14H,8H2,1H3,(H2,13,16,17). The van der Waals surface area contributed by atoms with Crippen LogP contribution in [0.2, 0.25) is 0 Å². The average molecular weight is 281 g/mol. The van der Waals surface area contributed by atoms with Crippen LogP contribution >= 0.6 is 0 Å². The van der Waals surface area contributed by atoms with Crippen LogP contribution in [0, 0.1) is 0 Å². The van der Waals surface area contributed by atoms with Gasteiger partial charge in [0.1, 0.15) is 6.26 Å². The molecule has 6 nitrogen and oxygen atoms in total. The maximum absolute atomic E-state index is 11.1. The summed E-state index contributed by atoms with van der Waals surface area (Å²) in [7, 11) is -3.64. The number of sulfonamides is 1. The molecule has 0 aliphatic rings. The van der Waals surface area contributed by atoms with Gasteiger partial charge in [-0.1, -0.05) is 17.3 Å². The Bertz CT molecular complexity index is 621. The van der Waals surface area contributed by atoms with E-state index < -0.39 is 10.0 Å². The third kappa shape index (κ3) is 3.63. The molecule has 2 rings (SSSR count). The smallest absolute Gasteiger partial charge is 0.238 e. The third-order valence-electron chi connectivity index (χ3n) is 2.79. The van der Waals surface area contributed by atoms with Gasteiger partial charge < -0.3 is 9.84 Å². The van der Waals surface area contributed by atoms with Crippen LogP contribution in [-0.4, -0.2) is 13.6 Å². The molecule has 1 unspecified atom stereocenters. The Morgan fingerprint density at radius 3 is 2.53 bits per heavy atom. The fourth-order valence-electron chi connectivity index (χ4n) is 1.65. The molecular weight excluding hydrogens is 266 g/mol. The van der Waals surface area contributed by atoms with Crippen LogP contribution in [0.4, 0.5) is 0 Å². The van der Waals surface area contributed by atoms with Crippen molar-refractivity contribution in [2.45, 2.75) is 24.4 Å². The van der Waals surface area contributed by atoms with Crippen molar-refractivity contribution in [3.63, 3.8) is 0 Å². The Hall–Kier alpha value is -1.70. The minimum absolute atomic E-state index is 0.0613. The lowest BCUT2D eigenvalue weighted by atomic mass is 10.1. The molecule has 0 spiro atoms. The summed E-state index contributed by atoms with van der Waals surface area (Å²) in [5, 5.41) is 12.1. The van der Waals surface area contributed by atoms with Crippen LogP contribution in [-0.2, 0) is 16.6 Å². The quantitative estimate of drug-likeness (QED) is 0.857. The molecule has 3 N–H and O–H groups in total. The highest BCUT2D eigenvalue weighted by Crippen LogP contribution is 2.15. The highest BCUT2D eigenvalue weighted by atomic mass is 32.2. The van der Waals surface area contributed by atoms with Crippen molar-refractivity contribution >= 4 is 10.0 Å². The summed E-state index contributed by atoms with van der Waals surface area (Å²) < 4.78 is 27.0. The molecule has 2 aromatic rings. The van der Waals surface area contributed by atoms with Gasteiger partial charge >= 0.3 is 0 Å². The van der Waals surface area contributed by atoms with Gasteiger partial charge in [0.25, 0.3) is 0 Å². The fraction of sp³-hybridized carbons (Fsp3) is 0.250. The lowest BCUT2D eigenvalue weighted by molar-refractivity contribution is 0.406. The highest BCUT2D eigenvalue weighted by Gasteiger charge is 2.10. The second-order valence-electron chi connectivity index (χ2n) is 4.21. The van der Waals surface area contributed by atoms with Crippen molar-refractivity contribution < 1.29 is 12.9 Å². The van der Waals surface area contributed by atoms with Crippen molar-refractivity contribution in [2.24, 2.45) is 5.14 Å². The summed E-state index contributed by atoms with van der Waals surface area (Å²) in [5.41, 5.74) is 1.78. The molecule has 0 aliphatic carbocycles. The molecule has 102 valence electrons. The number of benzene rings is 1. The van der Waals surface area contributed by atoms with Crippen molar-refractivity contribution in [2.75, 3.05) is 0 Å². The van der Waals surface area contributed by atoms with Crippen LogP contribution < -0.4 is 10.5 Å². The van der Waals surface area contributed by atoms with Crippen molar-refractivity contribution in [1.29, 1.82) is 0 Å². The summed E-state index contributed by atoms with van der Waals surface area (Å²) in [6.45, 7) is 2.56. The monoisotopic (exact) mass is 281 g/mol. The van der Waals surface area contributed by atoms with E-state index in [0.29, 0.717) is 6.54 Å². The zero-order valence-corrected chi connectivity index (χ0v) is 11.2. The number of nitrogens with one attached hydrogen (secondary N) is 1. The maximum atomic E-state index is 11.1. The highest BCUT2D eigenvalue weighted by molar-refractivity contribution is 7.89. The van der Waals surface area contributed by atoms with Crippen LogP contribution in [0.3, 0.4) is 0 Å². The van der Waals surface area contributed by atoms with Gasteiger partial charge in [-0.05, 0) is 24.6 Å². The first-order valence-electron chi connectivity index (χ1n) is 5.72. The molecule has 1 aromatic carbocycles. The van der Waals surface area contributed by atoms with Crippen molar-refractivity contribution in [3.8, 4) is 0 Å². The molecule has 0 saturated heterocycles. The zero-order valence-electron chi connectivity index (χ0n) is 10.4.